The summed E-state index contributed by atoms with van der Waals surface area (Å²) in [5.74, 6) is 3.84. The fraction of sp³-hybridized carbons (Fsp3) is 0.588. The Morgan fingerprint density at radius 2 is 2.19 bits per heavy atom. The van der Waals surface area contributed by atoms with E-state index in [9.17, 15) is 5.11 Å². The number of aliphatic imine (C=N–C) groups is 1. The lowest BCUT2D eigenvalue weighted by molar-refractivity contribution is 0.0386. The number of thioether (sulfide) groups is 1. The first-order valence-electron chi connectivity index (χ1n) is 8.56. The van der Waals surface area contributed by atoms with Crippen molar-refractivity contribution in [3.05, 3.63) is 35.8 Å². The maximum Gasteiger partial charge on any atom is 0.191 e. The number of guanidine groups is 1. The van der Waals surface area contributed by atoms with E-state index in [0.717, 1.165) is 30.4 Å². The van der Waals surface area contributed by atoms with Crippen molar-refractivity contribution in [2.75, 3.05) is 25.1 Å². The predicted octanol–water partition coefficient (Wildman–Crippen LogP) is 2.03. The molecular formula is C17H29IN6O2S. The van der Waals surface area contributed by atoms with Gasteiger partial charge in [-0.25, -0.2) is 4.99 Å². The van der Waals surface area contributed by atoms with Crippen molar-refractivity contribution < 1.29 is 9.52 Å². The molecule has 1 atom stereocenters. The van der Waals surface area contributed by atoms with E-state index in [4.69, 9.17) is 4.42 Å². The van der Waals surface area contributed by atoms with Crippen LogP contribution in [0.5, 0.6) is 0 Å². The van der Waals surface area contributed by atoms with Gasteiger partial charge in [0.2, 0.25) is 0 Å². The van der Waals surface area contributed by atoms with Gasteiger partial charge in [-0.05, 0) is 44.4 Å². The number of halogens is 1. The molecule has 0 bridgehead atoms. The SMILES string of the molecule is CSCCCNC(=NCc1nnc(C)n1C)NCC(C)(O)c1ccco1.I. The van der Waals surface area contributed by atoms with Crippen LogP contribution in [0.4, 0.5) is 0 Å². The van der Waals surface area contributed by atoms with E-state index < -0.39 is 5.60 Å². The zero-order valence-electron chi connectivity index (χ0n) is 16.2. The van der Waals surface area contributed by atoms with Crippen molar-refractivity contribution in [1.29, 1.82) is 0 Å². The summed E-state index contributed by atoms with van der Waals surface area (Å²) in [5, 5.41) is 25.3. The van der Waals surface area contributed by atoms with Gasteiger partial charge in [0.15, 0.2) is 11.8 Å². The van der Waals surface area contributed by atoms with Crippen LogP contribution in [0.2, 0.25) is 0 Å². The number of aliphatic hydroxyl groups is 1. The van der Waals surface area contributed by atoms with Crippen molar-refractivity contribution in [2.24, 2.45) is 12.0 Å². The fourth-order valence-corrected chi connectivity index (χ4v) is 2.70. The number of aromatic nitrogens is 3. The smallest absolute Gasteiger partial charge is 0.191 e. The van der Waals surface area contributed by atoms with E-state index in [1.165, 1.54) is 0 Å². The number of rotatable bonds is 9. The summed E-state index contributed by atoms with van der Waals surface area (Å²) in [6.45, 7) is 5.08. The molecule has 2 aromatic heterocycles. The van der Waals surface area contributed by atoms with Crippen molar-refractivity contribution in [2.45, 2.75) is 32.4 Å². The highest BCUT2D eigenvalue weighted by atomic mass is 127. The van der Waals surface area contributed by atoms with Crippen molar-refractivity contribution in [1.82, 2.24) is 25.4 Å². The first kappa shape index (κ1) is 23.8. The first-order chi connectivity index (χ1) is 12.4. The zero-order chi connectivity index (χ0) is 19.0. The Kier molecular flexibility index (Phi) is 10.2. The largest absolute Gasteiger partial charge is 0.466 e. The molecule has 0 aliphatic rings. The Morgan fingerprint density at radius 1 is 1.41 bits per heavy atom. The van der Waals surface area contributed by atoms with E-state index >= 15 is 0 Å². The molecule has 0 fully saturated rings. The van der Waals surface area contributed by atoms with Gasteiger partial charge < -0.3 is 24.7 Å². The maximum atomic E-state index is 10.6. The Bertz CT molecular complexity index is 702. The van der Waals surface area contributed by atoms with Crippen molar-refractivity contribution in [3.63, 3.8) is 0 Å². The molecule has 2 aromatic rings. The molecular weight excluding hydrogens is 479 g/mol. The summed E-state index contributed by atoms with van der Waals surface area (Å²) in [5.41, 5.74) is -1.13. The monoisotopic (exact) mass is 508 g/mol. The molecule has 0 aromatic carbocycles. The van der Waals surface area contributed by atoms with Gasteiger partial charge in [0.1, 0.15) is 23.7 Å². The molecule has 0 radical (unpaired) electrons. The molecule has 0 saturated heterocycles. The third-order valence-electron chi connectivity index (χ3n) is 4.03. The number of nitrogens with zero attached hydrogens (tertiary/aromatic N) is 4. The van der Waals surface area contributed by atoms with Gasteiger partial charge in [-0.3, -0.25) is 0 Å². The Labute approximate surface area is 181 Å². The third kappa shape index (κ3) is 7.34. The maximum absolute atomic E-state index is 10.6. The van der Waals surface area contributed by atoms with Crippen molar-refractivity contribution >= 4 is 41.7 Å². The van der Waals surface area contributed by atoms with Gasteiger partial charge in [0.25, 0.3) is 0 Å². The van der Waals surface area contributed by atoms with E-state index in [1.54, 1.807) is 25.3 Å². The van der Waals surface area contributed by atoms with E-state index in [1.807, 2.05) is 30.3 Å². The van der Waals surface area contributed by atoms with Crippen LogP contribution >= 0.6 is 35.7 Å². The minimum Gasteiger partial charge on any atom is -0.466 e. The lowest BCUT2D eigenvalue weighted by Crippen LogP contribution is -2.44. The van der Waals surface area contributed by atoms with Gasteiger partial charge in [0, 0.05) is 13.6 Å². The molecule has 27 heavy (non-hydrogen) atoms. The molecule has 1 unspecified atom stereocenters. The quantitative estimate of drug-likeness (QED) is 0.206. The fourth-order valence-electron chi connectivity index (χ4n) is 2.26. The number of hydrogen-bond donors (Lipinski definition) is 3. The van der Waals surface area contributed by atoms with Crippen LogP contribution in [0.15, 0.2) is 27.8 Å². The second-order valence-electron chi connectivity index (χ2n) is 6.27. The van der Waals surface area contributed by atoms with Crippen LogP contribution in [-0.2, 0) is 19.2 Å². The van der Waals surface area contributed by atoms with Gasteiger partial charge in [-0.1, -0.05) is 0 Å². The van der Waals surface area contributed by atoms with Gasteiger partial charge in [-0.15, -0.1) is 34.2 Å². The summed E-state index contributed by atoms with van der Waals surface area (Å²) in [6.07, 6.45) is 4.67. The van der Waals surface area contributed by atoms with Crippen LogP contribution in [-0.4, -0.2) is 50.9 Å². The molecule has 10 heteroatoms. The van der Waals surface area contributed by atoms with Crippen molar-refractivity contribution in [3.8, 4) is 0 Å². The van der Waals surface area contributed by atoms with E-state index in [-0.39, 0.29) is 30.5 Å². The standard InChI is InChI=1S/C17H28N6O2S.HI/c1-13-21-22-15(23(13)3)11-19-16(18-8-6-10-26-4)20-12-17(2,24)14-7-5-9-25-14;/h5,7,9,24H,6,8,10-12H2,1-4H3,(H2,18,19,20);1H. The summed E-state index contributed by atoms with van der Waals surface area (Å²) >= 11 is 1.81. The Balaban J connectivity index is 0.00000364. The minimum atomic E-state index is -1.13. The van der Waals surface area contributed by atoms with Crippen LogP contribution in [0, 0.1) is 6.92 Å². The highest BCUT2D eigenvalue weighted by Gasteiger charge is 2.26. The minimum absolute atomic E-state index is 0. The average Bonchev–Trinajstić information content (AvgIpc) is 3.26. The number of aryl methyl sites for hydroxylation is 1. The topological polar surface area (TPSA) is 100 Å². The Morgan fingerprint density at radius 3 is 2.78 bits per heavy atom. The molecule has 0 amide bonds. The first-order valence-corrected chi connectivity index (χ1v) is 9.96. The summed E-state index contributed by atoms with van der Waals surface area (Å²) in [6, 6.07) is 3.52. The average molecular weight is 508 g/mol. The van der Waals surface area contributed by atoms with Gasteiger partial charge >= 0.3 is 0 Å². The van der Waals surface area contributed by atoms with E-state index in [0.29, 0.717) is 18.3 Å². The normalized spacial score (nSPS) is 13.7. The second-order valence-corrected chi connectivity index (χ2v) is 7.25. The molecule has 0 spiro atoms. The van der Waals surface area contributed by atoms with Crippen LogP contribution in [0.3, 0.4) is 0 Å². The lowest BCUT2D eigenvalue weighted by Gasteiger charge is -2.23. The van der Waals surface area contributed by atoms with E-state index in [2.05, 4.69) is 32.1 Å². The second kappa shape index (κ2) is 11.5. The summed E-state index contributed by atoms with van der Waals surface area (Å²) in [4.78, 5) is 4.57. The molecule has 0 aliphatic carbocycles. The third-order valence-corrected chi connectivity index (χ3v) is 4.73. The number of nitrogens with one attached hydrogen (secondary N) is 2. The number of furan rings is 1. The molecule has 3 N–H and O–H groups in total. The molecule has 0 saturated carbocycles. The van der Waals surface area contributed by atoms with Crippen LogP contribution in [0.1, 0.15) is 30.8 Å². The highest BCUT2D eigenvalue weighted by molar-refractivity contribution is 14.0. The predicted molar refractivity (Wildman–Crippen MR) is 120 cm³/mol. The molecule has 2 heterocycles. The van der Waals surface area contributed by atoms with Gasteiger partial charge in [0.05, 0.1) is 12.8 Å². The highest BCUT2D eigenvalue weighted by Crippen LogP contribution is 2.19. The molecule has 0 aliphatic heterocycles. The molecule has 8 nitrogen and oxygen atoms in total. The number of hydrogen-bond acceptors (Lipinski definition) is 6. The Hall–Kier alpha value is -1.27. The zero-order valence-corrected chi connectivity index (χ0v) is 19.4. The van der Waals surface area contributed by atoms with Gasteiger partial charge in [-0.2, -0.15) is 11.8 Å². The lowest BCUT2D eigenvalue weighted by atomic mass is 10.0. The van der Waals surface area contributed by atoms with Crippen LogP contribution < -0.4 is 10.6 Å². The summed E-state index contributed by atoms with van der Waals surface area (Å²) in [7, 11) is 1.92. The molecule has 152 valence electrons. The van der Waals surface area contributed by atoms with Crippen LogP contribution in [0.25, 0.3) is 0 Å². The molecule has 2 rings (SSSR count). The summed E-state index contributed by atoms with van der Waals surface area (Å²) < 4.78 is 7.23.